The molecular weight excluding hydrogens is 260 g/mol. The number of benzene rings is 2. The molecular formula is C15H16O3S. The first-order valence-electron chi connectivity index (χ1n) is 6.39. The quantitative estimate of drug-likeness (QED) is 0.805. The summed E-state index contributed by atoms with van der Waals surface area (Å²) in [7, 11) is -3.41. The van der Waals surface area contributed by atoms with Crippen LogP contribution in [0.2, 0.25) is 0 Å². The van der Waals surface area contributed by atoms with Crippen LogP contribution in [0.25, 0.3) is 10.8 Å². The maximum Gasteiger partial charge on any atom is 0.264 e. The highest BCUT2D eigenvalue weighted by atomic mass is 32.2. The second-order valence-corrected chi connectivity index (χ2v) is 6.74. The van der Waals surface area contributed by atoms with Gasteiger partial charge in [-0.1, -0.05) is 36.4 Å². The third-order valence-electron chi connectivity index (χ3n) is 3.51. The van der Waals surface area contributed by atoms with Crippen LogP contribution in [0.3, 0.4) is 0 Å². The van der Waals surface area contributed by atoms with Gasteiger partial charge in [-0.15, -0.1) is 0 Å². The first-order valence-corrected chi connectivity index (χ1v) is 8.21. The van der Waals surface area contributed by atoms with Crippen LogP contribution in [-0.4, -0.2) is 14.7 Å². The van der Waals surface area contributed by atoms with Crippen molar-refractivity contribution in [3.8, 4) is 0 Å². The molecule has 100 valence electrons. The summed E-state index contributed by atoms with van der Waals surface area (Å²) in [6, 6.07) is 12.2. The van der Waals surface area contributed by atoms with Crippen LogP contribution in [-0.2, 0) is 20.9 Å². The van der Waals surface area contributed by atoms with E-state index in [1.54, 1.807) is 0 Å². The molecule has 0 spiro atoms. The second-order valence-electron chi connectivity index (χ2n) is 5.10. The van der Waals surface area contributed by atoms with Crippen LogP contribution in [0, 0.1) is 0 Å². The maximum absolute atomic E-state index is 11.2. The molecule has 0 atom stereocenters. The predicted octanol–water partition coefficient (Wildman–Crippen LogP) is 3.19. The molecule has 3 nitrogen and oxygen atoms in total. The van der Waals surface area contributed by atoms with Gasteiger partial charge in [0.25, 0.3) is 10.1 Å². The van der Waals surface area contributed by atoms with E-state index < -0.39 is 10.1 Å². The lowest BCUT2D eigenvalue weighted by atomic mass is 9.97. The normalized spacial score (nSPS) is 15.8. The lowest BCUT2D eigenvalue weighted by Gasteiger charge is -2.12. The molecule has 19 heavy (non-hydrogen) atoms. The molecule has 2 aromatic carbocycles. The van der Waals surface area contributed by atoms with Crippen molar-refractivity contribution in [2.24, 2.45) is 0 Å². The molecule has 0 heterocycles. The van der Waals surface area contributed by atoms with Crippen LogP contribution in [0.1, 0.15) is 29.9 Å². The van der Waals surface area contributed by atoms with Gasteiger partial charge >= 0.3 is 0 Å². The molecule has 0 aliphatic heterocycles. The molecule has 3 rings (SSSR count). The minimum atomic E-state index is -3.41. The van der Waals surface area contributed by atoms with E-state index in [2.05, 4.69) is 12.1 Å². The summed E-state index contributed by atoms with van der Waals surface area (Å²) in [4.78, 5) is 0. The van der Waals surface area contributed by atoms with Crippen molar-refractivity contribution in [3.05, 3.63) is 47.5 Å². The van der Waals surface area contributed by atoms with E-state index in [9.17, 15) is 8.42 Å². The van der Waals surface area contributed by atoms with Gasteiger partial charge in [0.2, 0.25) is 0 Å². The zero-order chi connectivity index (χ0) is 13.5. The minimum absolute atomic E-state index is 0.131. The van der Waals surface area contributed by atoms with Crippen molar-refractivity contribution in [2.45, 2.75) is 25.4 Å². The first kappa shape index (κ1) is 12.6. The van der Waals surface area contributed by atoms with E-state index in [4.69, 9.17) is 4.18 Å². The summed E-state index contributed by atoms with van der Waals surface area (Å²) < 4.78 is 27.4. The maximum atomic E-state index is 11.2. The van der Waals surface area contributed by atoms with E-state index in [0.717, 1.165) is 22.6 Å². The van der Waals surface area contributed by atoms with Crippen molar-refractivity contribution in [1.29, 1.82) is 0 Å². The van der Waals surface area contributed by atoms with Gasteiger partial charge in [0.05, 0.1) is 12.9 Å². The van der Waals surface area contributed by atoms with Crippen LogP contribution in [0.5, 0.6) is 0 Å². The molecule has 0 aromatic heterocycles. The zero-order valence-electron chi connectivity index (χ0n) is 10.8. The van der Waals surface area contributed by atoms with Crippen molar-refractivity contribution < 1.29 is 12.6 Å². The number of rotatable bonds is 4. The van der Waals surface area contributed by atoms with Gasteiger partial charge in [-0.25, -0.2) is 0 Å². The molecule has 0 radical (unpaired) electrons. The SMILES string of the molecule is CS(=O)(=O)OCc1c(C2CC2)ccc2ccccc12. The summed E-state index contributed by atoms with van der Waals surface area (Å²) in [6.07, 6.45) is 3.46. The largest absolute Gasteiger partial charge is 0.265 e. The smallest absolute Gasteiger partial charge is 0.264 e. The van der Waals surface area contributed by atoms with Gasteiger partial charge in [0.15, 0.2) is 0 Å². The Bertz CT molecular complexity index is 715. The summed E-state index contributed by atoms with van der Waals surface area (Å²) in [5.41, 5.74) is 2.26. The van der Waals surface area contributed by atoms with Crippen LogP contribution in [0.4, 0.5) is 0 Å². The van der Waals surface area contributed by atoms with Gasteiger partial charge in [-0.2, -0.15) is 8.42 Å². The van der Waals surface area contributed by atoms with Crippen molar-refractivity contribution >= 4 is 20.9 Å². The molecule has 4 heteroatoms. The fraction of sp³-hybridized carbons (Fsp3) is 0.333. The highest BCUT2D eigenvalue weighted by molar-refractivity contribution is 7.85. The molecule has 1 fully saturated rings. The Kier molecular flexibility index (Phi) is 3.07. The first-order chi connectivity index (χ1) is 9.04. The van der Waals surface area contributed by atoms with Crippen molar-refractivity contribution in [1.82, 2.24) is 0 Å². The Morgan fingerprint density at radius 1 is 1.16 bits per heavy atom. The standard InChI is InChI=1S/C15H16O3S/c1-19(16,17)18-10-15-13-5-3-2-4-11(13)8-9-14(15)12-6-7-12/h2-5,8-9,12H,6-7,10H2,1H3. The second kappa shape index (κ2) is 4.62. The van der Waals surface area contributed by atoms with Gasteiger partial charge in [-0.3, -0.25) is 4.18 Å². The van der Waals surface area contributed by atoms with Crippen LogP contribution < -0.4 is 0 Å². The fourth-order valence-corrected chi connectivity index (χ4v) is 2.79. The average Bonchev–Trinajstić information content (AvgIpc) is 3.19. The van der Waals surface area contributed by atoms with Crippen molar-refractivity contribution in [2.75, 3.05) is 6.26 Å². The van der Waals surface area contributed by atoms with Gasteiger partial charge in [-0.05, 0) is 40.7 Å². The van der Waals surface area contributed by atoms with Gasteiger partial charge in [0, 0.05) is 0 Å². The lowest BCUT2D eigenvalue weighted by molar-refractivity contribution is 0.312. The highest BCUT2D eigenvalue weighted by Crippen LogP contribution is 2.43. The third-order valence-corrected chi connectivity index (χ3v) is 4.06. The van der Waals surface area contributed by atoms with Gasteiger partial charge in [0.1, 0.15) is 0 Å². The van der Waals surface area contributed by atoms with Crippen LogP contribution >= 0.6 is 0 Å². The molecule has 0 unspecified atom stereocenters. The Hall–Kier alpha value is -1.39. The molecule has 0 amide bonds. The molecule has 0 N–H and O–H groups in total. The number of fused-ring (bicyclic) bond motifs is 1. The summed E-state index contributed by atoms with van der Waals surface area (Å²) in [6.45, 7) is 0.131. The summed E-state index contributed by atoms with van der Waals surface area (Å²) in [5.74, 6) is 0.572. The minimum Gasteiger partial charge on any atom is -0.265 e. The number of hydrogen-bond acceptors (Lipinski definition) is 3. The molecule has 1 aliphatic carbocycles. The molecule has 1 aliphatic rings. The van der Waals surface area contributed by atoms with Crippen LogP contribution in [0.15, 0.2) is 36.4 Å². The Balaban J connectivity index is 2.09. The summed E-state index contributed by atoms with van der Waals surface area (Å²) in [5, 5.41) is 2.22. The van der Waals surface area contributed by atoms with Gasteiger partial charge < -0.3 is 0 Å². The van der Waals surface area contributed by atoms with E-state index >= 15 is 0 Å². The lowest BCUT2D eigenvalue weighted by Crippen LogP contribution is -2.05. The molecule has 0 saturated heterocycles. The predicted molar refractivity (Wildman–Crippen MR) is 75.6 cm³/mol. The zero-order valence-corrected chi connectivity index (χ0v) is 11.6. The van der Waals surface area contributed by atoms with E-state index in [-0.39, 0.29) is 6.61 Å². The Morgan fingerprint density at radius 3 is 2.58 bits per heavy atom. The Morgan fingerprint density at radius 2 is 1.89 bits per heavy atom. The van der Waals surface area contributed by atoms with Crippen molar-refractivity contribution in [3.63, 3.8) is 0 Å². The van der Waals surface area contributed by atoms with E-state index in [1.165, 1.54) is 18.4 Å². The Labute approximate surface area is 113 Å². The highest BCUT2D eigenvalue weighted by Gasteiger charge is 2.27. The van der Waals surface area contributed by atoms with E-state index in [1.807, 2.05) is 24.3 Å². The number of hydrogen-bond donors (Lipinski definition) is 0. The molecule has 2 aromatic rings. The topological polar surface area (TPSA) is 43.4 Å². The molecule has 1 saturated carbocycles. The monoisotopic (exact) mass is 276 g/mol. The fourth-order valence-electron chi connectivity index (χ4n) is 2.46. The van der Waals surface area contributed by atoms with E-state index in [0.29, 0.717) is 5.92 Å². The average molecular weight is 276 g/mol. The third kappa shape index (κ3) is 2.80. The molecule has 0 bridgehead atoms. The summed E-state index contributed by atoms with van der Waals surface area (Å²) >= 11 is 0.